The normalized spacial score (nSPS) is 17.8. The molecule has 0 saturated heterocycles. The minimum absolute atomic E-state index is 0.531. The van der Waals surface area contributed by atoms with E-state index in [-0.39, 0.29) is 0 Å². The van der Waals surface area contributed by atoms with Crippen LogP contribution in [0.2, 0.25) is 0 Å². The minimum Gasteiger partial charge on any atom is -0.355 e. The highest BCUT2D eigenvalue weighted by atomic mass is 32.2. The van der Waals surface area contributed by atoms with Gasteiger partial charge in [-0.3, -0.25) is 4.99 Å². The molecule has 0 bridgehead atoms. The van der Waals surface area contributed by atoms with Crippen LogP contribution >= 0.6 is 11.8 Å². The highest BCUT2D eigenvalue weighted by Gasteiger charge is 2.07. The molecule has 0 radical (unpaired) electrons. The van der Waals surface area contributed by atoms with Crippen molar-refractivity contribution in [2.75, 3.05) is 24.6 Å². The van der Waals surface area contributed by atoms with Crippen LogP contribution in [0.5, 0.6) is 0 Å². The molecule has 0 saturated carbocycles. The topological polar surface area (TPSA) is 36.4 Å². The average molecular weight is 201 g/mol. The molecule has 0 aromatic rings. The summed E-state index contributed by atoms with van der Waals surface area (Å²) >= 11 is 1.99. The highest BCUT2D eigenvalue weighted by Crippen LogP contribution is 2.03. The number of nitrogens with zero attached hydrogens (tertiary/aromatic N) is 1. The zero-order valence-corrected chi connectivity index (χ0v) is 9.28. The lowest BCUT2D eigenvalue weighted by molar-refractivity contribution is 0.638. The van der Waals surface area contributed by atoms with Crippen molar-refractivity contribution in [3.05, 3.63) is 0 Å². The van der Waals surface area contributed by atoms with Crippen LogP contribution in [0.3, 0.4) is 0 Å². The summed E-state index contributed by atoms with van der Waals surface area (Å²) in [7, 11) is 0. The van der Waals surface area contributed by atoms with Crippen LogP contribution in [0.15, 0.2) is 4.99 Å². The van der Waals surface area contributed by atoms with Crippen molar-refractivity contribution >= 4 is 17.7 Å². The molecule has 76 valence electrons. The van der Waals surface area contributed by atoms with Crippen LogP contribution in [0.25, 0.3) is 0 Å². The Labute approximate surface area is 84.8 Å². The molecule has 2 N–H and O–H groups in total. The van der Waals surface area contributed by atoms with Crippen LogP contribution < -0.4 is 10.6 Å². The summed E-state index contributed by atoms with van der Waals surface area (Å²) in [5, 5.41) is 6.57. The molecule has 0 amide bonds. The molecule has 1 aliphatic heterocycles. The lowest BCUT2D eigenvalue weighted by Gasteiger charge is -2.14. The second kappa shape index (κ2) is 6.13. The molecular formula is C9H19N3S. The van der Waals surface area contributed by atoms with Gasteiger partial charge in [0.25, 0.3) is 0 Å². The molecule has 0 fully saturated rings. The fraction of sp³-hybridized carbons (Fsp3) is 0.889. The average Bonchev–Trinajstić information content (AvgIpc) is 2.57. The third kappa shape index (κ3) is 4.41. The summed E-state index contributed by atoms with van der Waals surface area (Å²) in [6.07, 6.45) is 1.21. The van der Waals surface area contributed by atoms with E-state index >= 15 is 0 Å². The van der Waals surface area contributed by atoms with Crippen LogP contribution in [0.1, 0.15) is 20.3 Å². The lowest BCUT2D eigenvalue weighted by atomic mass is 10.3. The van der Waals surface area contributed by atoms with Gasteiger partial charge < -0.3 is 10.6 Å². The van der Waals surface area contributed by atoms with Crippen LogP contribution in [0, 0.1) is 0 Å². The Morgan fingerprint density at radius 1 is 1.69 bits per heavy atom. The van der Waals surface area contributed by atoms with Crippen molar-refractivity contribution in [2.24, 2.45) is 4.99 Å². The fourth-order valence-corrected chi connectivity index (χ4v) is 2.01. The zero-order valence-electron chi connectivity index (χ0n) is 8.47. The van der Waals surface area contributed by atoms with Crippen molar-refractivity contribution in [2.45, 2.75) is 26.3 Å². The smallest absolute Gasteiger partial charge is 0.191 e. The van der Waals surface area contributed by atoms with Gasteiger partial charge in [0.2, 0.25) is 0 Å². The Morgan fingerprint density at radius 2 is 2.54 bits per heavy atom. The van der Waals surface area contributed by atoms with Crippen molar-refractivity contribution in [3.63, 3.8) is 0 Å². The van der Waals surface area contributed by atoms with Gasteiger partial charge in [-0.2, -0.15) is 11.8 Å². The van der Waals surface area contributed by atoms with Gasteiger partial charge in [-0.05, 0) is 24.9 Å². The van der Waals surface area contributed by atoms with E-state index in [9.17, 15) is 0 Å². The van der Waals surface area contributed by atoms with Crippen LogP contribution in [-0.2, 0) is 0 Å². The Kier molecular flexibility index (Phi) is 5.05. The number of thioether (sulfide) groups is 1. The molecule has 4 heteroatoms. The van der Waals surface area contributed by atoms with Crippen molar-refractivity contribution < 1.29 is 0 Å². The van der Waals surface area contributed by atoms with Gasteiger partial charge in [-0.1, -0.05) is 6.92 Å². The Morgan fingerprint density at radius 3 is 3.15 bits per heavy atom. The number of hydrogen-bond donors (Lipinski definition) is 2. The molecule has 0 aromatic heterocycles. The first-order valence-electron chi connectivity index (χ1n) is 4.95. The summed E-state index contributed by atoms with van der Waals surface area (Å²) in [6.45, 7) is 6.31. The van der Waals surface area contributed by atoms with Crippen molar-refractivity contribution in [3.8, 4) is 0 Å². The maximum Gasteiger partial charge on any atom is 0.191 e. The van der Waals surface area contributed by atoms with Gasteiger partial charge in [0.1, 0.15) is 0 Å². The van der Waals surface area contributed by atoms with E-state index in [4.69, 9.17) is 0 Å². The lowest BCUT2D eigenvalue weighted by Crippen LogP contribution is -2.39. The molecule has 1 unspecified atom stereocenters. The molecule has 1 heterocycles. The van der Waals surface area contributed by atoms with Crippen molar-refractivity contribution in [1.29, 1.82) is 0 Å². The first-order valence-corrected chi connectivity index (χ1v) is 6.11. The highest BCUT2D eigenvalue weighted by molar-refractivity contribution is 7.99. The maximum atomic E-state index is 4.29. The molecule has 3 nitrogen and oxygen atoms in total. The monoisotopic (exact) mass is 201 g/mol. The second-order valence-corrected chi connectivity index (χ2v) is 4.58. The molecule has 1 aliphatic rings. The number of rotatable bonds is 5. The van der Waals surface area contributed by atoms with E-state index in [1.165, 1.54) is 17.9 Å². The van der Waals surface area contributed by atoms with Crippen LogP contribution in [0.4, 0.5) is 0 Å². The molecule has 13 heavy (non-hydrogen) atoms. The zero-order chi connectivity index (χ0) is 9.52. The molecule has 1 atom stereocenters. The molecule has 0 spiro atoms. The minimum atomic E-state index is 0.531. The first-order chi connectivity index (χ1) is 6.33. The summed E-state index contributed by atoms with van der Waals surface area (Å²) in [5.74, 6) is 3.43. The quantitative estimate of drug-likeness (QED) is 0.653. The standard InChI is InChI=1S/C9H19N3S/c1-3-13-7-4-8(2)12-9-10-5-6-11-9/h8H,3-7H2,1-2H3,(H2,10,11,12). The summed E-state index contributed by atoms with van der Waals surface area (Å²) < 4.78 is 0. The molecule has 0 aliphatic carbocycles. The Bertz CT molecular complexity index is 170. The predicted octanol–water partition coefficient (Wildman–Crippen LogP) is 1.07. The summed E-state index contributed by atoms with van der Waals surface area (Å²) in [4.78, 5) is 4.29. The van der Waals surface area contributed by atoms with E-state index < -0.39 is 0 Å². The van der Waals surface area contributed by atoms with E-state index in [0.29, 0.717) is 6.04 Å². The maximum absolute atomic E-state index is 4.29. The van der Waals surface area contributed by atoms with E-state index in [0.717, 1.165) is 19.0 Å². The Hall–Kier alpha value is -0.380. The van der Waals surface area contributed by atoms with E-state index in [1.54, 1.807) is 0 Å². The predicted molar refractivity (Wildman–Crippen MR) is 60.5 cm³/mol. The van der Waals surface area contributed by atoms with Crippen LogP contribution in [-0.4, -0.2) is 36.6 Å². The first kappa shape index (κ1) is 10.7. The molecule has 0 aromatic carbocycles. The van der Waals surface area contributed by atoms with Crippen molar-refractivity contribution in [1.82, 2.24) is 10.6 Å². The number of hydrogen-bond acceptors (Lipinski definition) is 4. The SMILES string of the molecule is CCSCCC(C)NC1=NCCN1. The Balaban J connectivity index is 2.06. The van der Waals surface area contributed by atoms with Gasteiger partial charge in [0, 0.05) is 12.6 Å². The van der Waals surface area contributed by atoms with Gasteiger partial charge >= 0.3 is 0 Å². The molecular weight excluding hydrogens is 182 g/mol. The summed E-state index contributed by atoms with van der Waals surface area (Å²) in [5.41, 5.74) is 0. The number of guanidine groups is 1. The number of aliphatic imine (C=N–C) groups is 1. The van der Waals surface area contributed by atoms with Gasteiger partial charge in [-0.25, -0.2) is 0 Å². The van der Waals surface area contributed by atoms with Gasteiger partial charge in [0.05, 0.1) is 6.54 Å². The largest absolute Gasteiger partial charge is 0.355 e. The van der Waals surface area contributed by atoms with Gasteiger partial charge in [-0.15, -0.1) is 0 Å². The fourth-order valence-electron chi connectivity index (χ4n) is 1.20. The second-order valence-electron chi connectivity index (χ2n) is 3.19. The summed E-state index contributed by atoms with van der Waals surface area (Å²) in [6, 6.07) is 0.531. The van der Waals surface area contributed by atoms with Gasteiger partial charge in [0.15, 0.2) is 5.96 Å². The third-order valence-corrected chi connectivity index (χ3v) is 2.89. The van der Waals surface area contributed by atoms with E-state index in [2.05, 4.69) is 29.5 Å². The number of nitrogens with one attached hydrogen (secondary N) is 2. The molecule has 1 rings (SSSR count). The third-order valence-electron chi connectivity index (χ3n) is 1.96. The van der Waals surface area contributed by atoms with E-state index in [1.807, 2.05) is 11.8 Å².